The van der Waals surface area contributed by atoms with E-state index < -0.39 is 5.41 Å². The summed E-state index contributed by atoms with van der Waals surface area (Å²) in [5, 5.41) is 0. The van der Waals surface area contributed by atoms with E-state index in [-0.39, 0.29) is 17.8 Å². The number of amides is 1. The van der Waals surface area contributed by atoms with Gasteiger partial charge in [-0.15, -0.1) is 0 Å². The molecule has 3 rings (SSSR count). The highest BCUT2D eigenvalue weighted by Gasteiger charge is 2.37. The highest BCUT2D eigenvalue weighted by Crippen LogP contribution is 2.29. The van der Waals surface area contributed by atoms with Crippen molar-refractivity contribution in [3.63, 3.8) is 0 Å². The van der Waals surface area contributed by atoms with E-state index in [1.165, 1.54) is 12.1 Å². The Kier molecular flexibility index (Phi) is 4.41. The van der Waals surface area contributed by atoms with E-state index in [0.29, 0.717) is 25.3 Å². The van der Waals surface area contributed by atoms with Gasteiger partial charge in [0.15, 0.2) is 0 Å². The number of aromatic nitrogens is 2. The summed E-state index contributed by atoms with van der Waals surface area (Å²) < 4.78 is 19.3. The molecule has 0 radical (unpaired) electrons. The smallest absolute Gasteiger partial charge is 0.232 e. The van der Waals surface area contributed by atoms with Crippen molar-refractivity contribution in [3.05, 3.63) is 53.4 Å². The van der Waals surface area contributed by atoms with Crippen LogP contribution in [0.1, 0.15) is 37.0 Å². The number of hydrogen-bond acceptors (Lipinski definition) is 3. The lowest BCUT2D eigenvalue weighted by atomic mass is 9.83. The van der Waals surface area contributed by atoms with Crippen LogP contribution >= 0.6 is 0 Å². The summed E-state index contributed by atoms with van der Waals surface area (Å²) in [6, 6.07) is 6.22. The van der Waals surface area contributed by atoms with Gasteiger partial charge in [-0.1, -0.05) is 12.1 Å². The molecule has 1 aromatic heterocycles. The Balaban J connectivity index is 1.78. The number of nitrogens with one attached hydrogen (secondary N) is 1. The van der Waals surface area contributed by atoms with Crippen LogP contribution in [0, 0.1) is 12.7 Å². The minimum absolute atomic E-state index is 0.0373. The molecule has 0 aliphatic carbocycles. The number of halogens is 1. The lowest BCUT2D eigenvalue weighted by molar-refractivity contribution is -0.144. The third-order valence-corrected chi connectivity index (χ3v) is 4.46. The van der Waals surface area contributed by atoms with Gasteiger partial charge in [0, 0.05) is 18.4 Å². The van der Waals surface area contributed by atoms with Crippen molar-refractivity contribution in [2.24, 2.45) is 0 Å². The minimum Gasteiger partial charge on any atom is -0.367 e. The van der Waals surface area contributed by atoms with Gasteiger partial charge in [0.25, 0.3) is 0 Å². The van der Waals surface area contributed by atoms with Crippen LogP contribution in [-0.4, -0.2) is 40.5 Å². The molecular formula is C18H22FN3O2. The molecule has 1 atom stereocenters. The normalized spacial score (nSPS) is 18.7. The number of hydrogen-bond donors (Lipinski definition) is 1. The van der Waals surface area contributed by atoms with Crippen LogP contribution in [0.25, 0.3) is 0 Å². The number of H-pyrrole nitrogens is 1. The molecule has 0 spiro atoms. The highest BCUT2D eigenvalue weighted by molar-refractivity contribution is 5.87. The molecule has 1 aliphatic heterocycles. The molecular weight excluding hydrogens is 309 g/mol. The molecule has 1 N–H and O–H groups in total. The van der Waals surface area contributed by atoms with Crippen LogP contribution < -0.4 is 0 Å². The first-order chi connectivity index (χ1) is 11.4. The fourth-order valence-corrected chi connectivity index (χ4v) is 2.99. The van der Waals surface area contributed by atoms with Crippen molar-refractivity contribution in [1.29, 1.82) is 0 Å². The maximum atomic E-state index is 13.5. The Hall–Kier alpha value is -2.21. The number of rotatable bonds is 3. The summed E-state index contributed by atoms with van der Waals surface area (Å²) >= 11 is 0. The third-order valence-electron chi connectivity index (χ3n) is 4.46. The first kappa shape index (κ1) is 16.6. The average Bonchev–Trinajstić information content (AvgIpc) is 3.01. The van der Waals surface area contributed by atoms with Crippen LogP contribution in [0.3, 0.4) is 0 Å². The second kappa shape index (κ2) is 6.36. The van der Waals surface area contributed by atoms with Gasteiger partial charge in [-0.25, -0.2) is 9.37 Å². The second-order valence-corrected chi connectivity index (χ2v) is 6.70. The zero-order valence-corrected chi connectivity index (χ0v) is 14.2. The number of aryl methyl sites for hydroxylation is 1. The van der Waals surface area contributed by atoms with Crippen molar-refractivity contribution in [3.8, 4) is 0 Å². The van der Waals surface area contributed by atoms with Crippen LogP contribution in [0.5, 0.6) is 0 Å². The molecule has 2 aromatic rings. The molecule has 128 valence electrons. The van der Waals surface area contributed by atoms with Gasteiger partial charge in [-0.2, -0.15) is 0 Å². The lowest BCUT2D eigenvalue weighted by Crippen LogP contribution is -2.49. The van der Waals surface area contributed by atoms with Crippen molar-refractivity contribution >= 4 is 5.91 Å². The SMILES string of the molecule is Cc1cnc(C2CN(C(=O)C(C)(C)c3cccc(F)c3)CCO2)[nH]1. The minimum atomic E-state index is -0.803. The van der Waals surface area contributed by atoms with Gasteiger partial charge in [0.1, 0.15) is 17.7 Å². The Bertz CT molecular complexity index is 741. The van der Waals surface area contributed by atoms with Gasteiger partial charge >= 0.3 is 0 Å². The molecule has 5 nitrogen and oxygen atoms in total. The summed E-state index contributed by atoms with van der Waals surface area (Å²) in [5.74, 6) is 0.359. The molecule has 1 saturated heterocycles. The van der Waals surface area contributed by atoms with Gasteiger partial charge in [-0.05, 0) is 38.5 Å². The number of nitrogens with zero attached hydrogens (tertiary/aromatic N) is 2. The van der Waals surface area contributed by atoms with Crippen molar-refractivity contribution in [2.75, 3.05) is 19.7 Å². The largest absolute Gasteiger partial charge is 0.367 e. The fourth-order valence-electron chi connectivity index (χ4n) is 2.99. The number of carbonyl (C=O) groups excluding carboxylic acids is 1. The van der Waals surface area contributed by atoms with Crippen molar-refractivity contribution < 1.29 is 13.9 Å². The topological polar surface area (TPSA) is 58.2 Å². The molecule has 0 bridgehead atoms. The molecule has 1 aromatic carbocycles. The predicted molar refractivity (Wildman–Crippen MR) is 88.0 cm³/mol. The number of carbonyl (C=O) groups is 1. The van der Waals surface area contributed by atoms with E-state index in [2.05, 4.69) is 9.97 Å². The van der Waals surface area contributed by atoms with Crippen molar-refractivity contribution in [2.45, 2.75) is 32.3 Å². The molecule has 1 unspecified atom stereocenters. The maximum Gasteiger partial charge on any atom is 0.232 e. The summed E-state index contributed by atoms with van der Waals surface area (Å²) in [6.45, 7) is 6.99. The number of benzene rings is 1. The summed E-state index contributed by atoms with van der Waals surface area (Å²) in [4.78, 5) is 22.3. The van der Waals surface area contributed by atoms with E-state index in [1.54, 1.807) is 23.2 Å². The Morgan fingerprint density at radius 3 is 2.92 bits per heavy atom. The van der Waals surface area contributed by atoms with E-state index >= 15 is 0 Å². The van der Waals surface area contributed by atoms with Gasteiger partial charge in [0.2, 0.25) is 5.91 Å². The monoisotopic (exact) mass is 331 g/mol. The van der Waals surface area contributed by atoms with E-state index in [9.17, 15) is 9.18 Å². The first-order valence-corrected chi connectivity index (χ1v) is 8.06. The van der Waals surface area contributed by atoms with E-state index in [0.717, 1.165) is 11.5 Å². The van der Waals surface area contributed by atoms with E-state index in [4.69, 9.17) is 4.74 Å². The van der Waals surface area contributed by atoms with E-state index in [1.807, 2.05) is 20.8 Å². The summed E-state index contributed by atoms with van der Waals surface area (Å²) in [6.07, 6.45) is 1.48. The highest BCUT2D eigenvalue weighted by atomic mass is 19.1. The lowest BCUT2D eigenvalue weighted by Gasteiger charge is -2.37. The zero-order valence-electron chi connectivity index (χ0n) is 14.2. The zero-order chi connectivity index (χ0) is 17.3. The number of morpholine rings is 1. The predicted octanol–water partition coefficient (Wildman–Crippen LogP) is 2.73. The Labute approximate surface area is 140 Å². The molecule has 6 heteroatoms. The number of ether oxygens (including phenoxy) is 1. The third kappa shape index (κ3) is 3.19. The molecule has 1 amide bonds. The fraction of sp³-hybridized carbons (Fsp3) is 0.444. The van der Waals surface area contributed by atoms with Crippen molar-refractivity contribution in [1.82, 2.24) is 14.9 Å². The maximum absolute atomic E-state index is 13.5. The molecule has 2 heterocycles. The van der Waals surface area contributed by atoms with Crippen LogP contribution in [0.2, 0.25) is 0 Å². The van der Waals surface area contributed by atoms with Gasteiger partial charge < -0.3 is 14.6 Å². The molecule has 24 heavy (non-hydrogen) atoms. The molecule has 0 saturated carbocycles. The van der Waals surface area contributed by atoms with Gasteiger partial charge in [0.05, 0.1) is 18.6 Å². The Morgan fingerprint density at radius 2 is 2.25 bits per heavy atom. The number of imidazole rings is 1. The molecule has 1 aliphatic rings. The first-order valence-electron chi connectivity index (χ1n) is 8.06. The van der Waals surface area contributed by atoms with Crippen LogP contribution in [0.15, 0.2) is 30.5 Å². The number of aromatic amines is 1. The average molecular weight is 331 g/mol. The Morgan fingerprint density at radius 1 is 1.46 bits per heavy atom. The molecule has 1 fully saturated rings. The van der Waals surface area contributed by atoms with Crippen LogP contribution in [-0.2, 0) is 14.9 Å². The van der Waals surface area contributed by atoms with Gasteiger partial charge in [-0.3, -0.25) is 4.79 Å². The standard InChI is InChI=1S/C18H22FN3O2/c1-12-10-20-16(21-12)15-11-22(7-8-24-15)17(23)18(2,3)13-5-4-6-14(19)9-13/h4-6,9-10,15H,7-8,11H2,1-3H3,(H,20,21). The summed E-state index contributed by atoms with van der Waals surface area (Å²) in [7, 11) is 0. The quantitative estimate of drug-likeness (QED) is 0.941. The second-order valence-electron chi connectivity index (χ2n) is 6.70. The summed E-state index contributed by atoms with van der Waals surface area (Å²) in [5.41, 5.74) is 0.824. The van der Waals surface area contributed by atoms with Crippen LogP contribution in [0.4, 0.5) is 4.39 Å².